The first kappa shape index (κ1) is 20.4. The van der Waals surface area contributed by atoms with Gasteiger partial charge in [0.2, 0.25) is 0 Å². The zero-order valence-corrected chi connectivity index (χ0v) is 18.2. The molecule has 0 saturated carbocycles. The molecule has 154 valence electrons. The van der Waals surface area contributed by atoms with Gasteiger partial charge in [-0.15, -0.1) is 0 Å². The van der Waals surface area contributed by atoms with Crippen molar-refractivity contribution in [1.82, 2.24) is 4.90 Å². The number of carbonyl (C=O) groups excluding carboxylic acids is 1. The van der Waals surface area contributed by atoms with Crippen molar-refractivity contribution in [2.24, 2.45) is 0 Å². The Kier molecular flexibility index (Phi) is 6.06. The fraction of sp³-hybridized carbons (Fsp3) is 0.208. The lowest BCUT2D eigenvalue weighted by Crippen LogP contribution is -2.44. The first-order valence-corrected chi connectivity index (χ1v) is 10.7. The van der Waals surface area contributed by atoms with Crippen LogP contribution in [0.1, 0.15) is 35.8 Å². The molecule has 2 N–H and O–H groups in total. The van der Waals surface area contributed by atoms with Crippen LogP contribution in [0.25, 0.3) is 0 Å². The van der Waals surface area contributed by atoms with Crippen LogP contribution < -0.4 is 5.32 Å². The van der Waals surface area contributed by atoms with E-state index in [2.05, 4.69) is 39.4 Å². The van der Waals surface area contributed by atoms with Crippen molar-refractivity contribution in [3.8, 4) is 5.75 Å². The van der Waals surface area contributed by atoms with Crippen LogP contribution in [-0.4, -0.2) is 29.1 Å². The molecule has 1 aliphatic rings. The van der Waals surface area contributed by atoms with Crippen LogP contribution in [0.2, 0.25) is 0 Å². The number of aromatic hydroxyl groups is 1. The van der Waals surface area contributed by atoms with Gasteiger partial charge in [-0.3, -0.25) is 9.69 Å². The van der Waals surface area contributed by atoms with Gasteiger partial charge in [-0.1, -0.05) is 64.5 Å². The van der Waals surface area contributed by atoms with Crippen molar-refractivity contribution in [3.63, 3.8) is 0 Å². The number of halogens is 1. The van der Waals surface area contributed by atoms with Crippen molar-refractivity contribution in [2.75, 3.05) is 18.5 Å². The highest BCUT2D eigenvalue weighted by atomic mass is 79.9. The van der Waals surface area contributed by atoms with E-state index < -0.39 is 6.17 Å². The Morgan fingerprint density at radius 3 is 2.53 bits per heavy atom. The van der Waals surface area contributed by atoms with Crippen molar-refractivity contribution >= 4 is 27.6 Å². The minimum absolute atomic E-state index is 0.0748. The molecule has 30 heavy (non-hydrogen) atoms. The van der Waals surface area contributed by atoms with Crippen LogP contribution in [-0.2, 0) is 9.53 Å². The van der Waals surface area contributed by atoms with Crippen molar-refractivity contribution in [1.29, 1.82) is 0 Å². The zero-order valence-electron chi connectivity index (χ0n) is 16.6. The molecule has 0 radical (unpaired) electrons. The minimum Gasteiger partial charge on any atom is -0.508 e. The summed E-state index contributed by atoms with van der Waals surface area (Å²) >= 11 is 3.58. The Morgan fingerprint density at radius 1 is 1.07 bits per heavy atom. The molecule has 0 bridgehead atoms. The molecule has 3 aromatic carbocycles. The van der Waals surface area contributed by atoms with Gasteiger partial charge in [-0.25, -0.2) is 0 Å². The van der Waals surface area contributed by atoms with Gasteiger partial charge in [0.15, 0.2) is 0 Å². The molecular formula is C24H23BrN2O3. The summed E-state index contributed by atoms with van der Waals surface area (Å²) in [6.45, 7) is 2.19. The largest absolute Gasteiger partial charge is 0.508 e. The Labute approximate surface area is 184 Å². The van der Waals surface area contributed by atoms with Gasteiger partial charge in [0.25, 0.3) is 0 Å². The van der Waals surface area contributed by atoms with Crippen LogP contribution in [0, 0.1) is 0 Å². The number of phenolic OH excluding ortho intramolecular Hbond substituents is 1. The van der Waals surface area contributed by atoms with Crippen LogP contribution in [0.15, 0.2) is 77.3 Å². The van der Waals surface area contributed by atoms with E-state index in [1.54, 1.807) is 19.1 Å². The highest BCUT2D eigenvalue weighted by Crippen LogP contribution is 2.45. The average molecular weight is 467 g/mol. The fourth-order valence-corrected chi connectivity index (χ4v) is 4.35. The number of esters is 1. The summed E-state index contributed by atoms with van der Waals surface area (Å²) in [4.78, 5) is 14.6. The Hall–Kier alpha value is -2.83. The second-order valence-corrected chi connectivity index (χ2v) is 8.04. The van der Waals surface area contributed by atoms with Gasteiger partial charge in [0, 0.05) is 15.7 Å². The lowest BCUT2D eigenvalue weighted by Gasteiger charge is -2.44. The summed E-state index contributed by atoms with van der Waals surface area (Å²) in [5.41, 5.74) is 3.77. The van der Waals surface area contributed by atoms with Gasteiger partial charge in [0.1, 0.15) is 11.9 Å². The third-order valence-electron chi connectivity index (χ3n) is 5.23. The van der Waals surface area contributed by atoms with E-state index in [1.165, 1.54) is 0 Å². The van der Waals surface area contributed by atoms with E-state index in [-0.39, 0.29) is 24.3 Å². The number of nitrogens with one attached hydrogen (secondary N) is 1. The molecule has 0 saturated heterocycles. The maximum absolute atomic E-state index is 12.6. The molecule has 0 amide bonds. The van der Waals surface area contributed by atoms with Gasteiger partial charge in [-0.05, 0) is 42.3 Å². The standard InChI is InChI=1S/C24H23BrN2O3/c1-2-30-22(29)15-27-23(16-8-4-3-5-9-16)19-14-17(25)12-13-20(19)26-24(27)18-10-6-7-11-21(18)28/h3-14,23-24,26,28H,2,15H2,1H3/t23-,24+/m1/s1. The van der Waals surface area contributed by atoms with Gasteiger partial charge in [-0.2, -0.15) is 0 Å². The number of anilines is 1. The number of ether oxygens (including phenoxy) is 1. The first-order valence-electron chi connectivity index (χ1n) is 9.88. The predicted octanol–water partition coefficient (Wildman–Crippen LogP) is 5.23. The molecule has 3 aromatic rings. The number of hydrogen-bond acceptors (Lipinski definition) is 5. The third kappa shape index (κ3) is 4.06. The minimum atomic E-state index is -0.408. The monoisotopic (exact) mass is 466 g/mol. The SMILES string of the molecule is CCOC(=O)CN1[C@H](c2ccccc2)c2cc(Br)ccc2N[C@@H]1c1ccccc1O. The third-order valence-corrected chi connectivity index (χ3v) is 5.72. The van der Waals surface area contributed by atoms with Crippen LogP contribution in [0.4, 0.5) is 5.69 Å². The highest BCUT2D eigenvalue weighted by molar-refractivity contribution is 9.10. The van der Waals surface area contributed by atoms with E-state index in [1.807, 2.05) is 47.4 Å². The number of hydrogen-bond donors (Lipinski definition) is 2. The number of para-hydroxylation sites is 1. The van der Waals surface area contributed by atoms with Gasteiger partial charge >= 0.3 is 5.97 Å². The number of benzene rings is 3. The second-order valence-electron chi connectivity index (χ2n) is 7.13. The number of rotatable bonds is 5. The molecule has 5 nitrogen and oxygen atoms in total. The van der Waals surface area contributed by atoms with E-state index in [0.29, 0.717) is 12.2 Å². The molecule has 1 aliphatic heterocycles. The Morgan fingerprint density at radius 2 is 1.80 bits per heavy atom. The molecule has 4 rings (SSSR count). The quantitative estimate of drug-likeness (QED) is 0.503. The number of fused-ring (bicyclic) bond motifs is 1. The van der Waals surface area contributed by atoms with Gasteiger partial charge in [0.05, 0.1) is 19.2 Å². The normalized spacial score (nSPS) is 18.3. The summed E-state index contributed by atoms with van der Waals surface area (Å²) in [6, 6.07) is 23.1. The van der Waals surface area contributed by atoms with E-state index in [4.69, 9.17) is 4.74 Å². The van der Waals surface area contributed by atoms with Crippen molar-refractivity contribution in [3.05, 3.63) is 94.0 Å². The van der Waals surface area contributed by atoms with Crippen LogP contribution >= 0.6 is 15.9 Å². The summed E-state index contributed by atoms with van der Waals surface area (Å²) in [5, 5.41) is 14.1. The van der Waals surface area contributed by atoms with Crippen molar-refractivity contribution < 1.29 is 14.6 Å². The lowest BCUT2D eigenvalue weighted by molar-refractivity contribution is -0.145. The molecule has 0 aromatic heterocycles. The first-order chi connectivity index (χ1) is 14.6. The molecule has 0 aliphatic carbocycles. The molecule has 6 heteroatoms. The average Bonchev–Trinajstić information content (AvgIpc) is 2.74. The van der Waals surface area contributed by atoms with Crippen LogP contribution in [0.3, 0.4) is 0 Å². The number of nitrogens with zero attached hydrogens (tertiary/aromatic N) is 1. The maximum Gasteiger partial charge on any atom is 0.320 e. The molecule has 0 unspecified atom stereocenters. The summed E-state index contributed by atoms with van der Waals surface area (Å²) in [5.74, 6) is -0.129. The van der Waals surface area contributed by atoms with E-state index in [9.17, 15) is 9.90 Å². The van der Waals surface area contributed by atoms with Gasteiger partial charge < -0.3 is 15.2 Å². The summed E-state index contributed by atoms with van der Waals surface area (Å²) < 4.78 is 6.23. The smallest absolute Gasteiger partial charge is 0.320 e. The van der Waals surface area contributed by atoms with E-state index >= 15 is 0 Å². The zero-order chi connectivity index (χ0) is 21.1. The highest BCUT2D eigenvalue weighted by Gasteiger charge is 2.38. The van der Waals surface area contributed by atoms with E-state index in [0.717, 1.165) is 21.3 Å². The fourth-order valence-electron chi connectivity index (χ4n) is 3.97. The number of carbonyl (C=O) groups is 1. The molecule has 0 fully saturated rings. The summed E-state index contributed by atoms with van der Waals surface area (Å²) in [6.07, 6.45) is -0.408. The van der Waals surface area contributed by atoms with Crippen molar-refractivity contribution in [2.45, 2.75) is 19.1 Å². The lowest BCUT2D eigenvalue weighted by atomic mass is 9.91. The summed E-state index contributed by atoms with van der Waals surface area (Å²) in [7, 11) is 0. The number of phenols is 1. The topological polar surface area (TPSA) is 61.8 Å². The maximum atomic E-state index is 12.6. The molecular weight excluding hydrogens is 444 g/mol. The molecule has 0 spiro atoms. The second kappa shape index (κ2) is 8.90. The van der Waals surface area contributed by atoms with Crippen LogP contribution in [0.5, 0.6) is 5.75 Å². The Bertz CT molecular complexity index is 1040. The molecule has 2 atom stereocenters. The Balaban J connectivity index is 1.89. The molecule has 1 heterocycles. The predicted molar refractivity (Wildman–Crippen MR) is 120 cm³/mol.